The van der Waals surface area contributed by atoms with Crippen LogP contribution in [0.25, 0.3) is 0 Å². The van der Waals surface area contributed by atoms with Crippen LogP contribution in [0.15, 0.2) is 42.5 Å². The average Bonchev–Trinajstić information content (AvgIpc) is 2.73. The molecular formula is C23H28ClF2N3O. The number of unbranched alkanes of at least 4 members (excludes halogenated alkanes) is 1. The van der Waals surface area contributed by atoms with Crippen LogP contribution < -0.4 is 10.2 Å². The number of amides is 1. The Hall–Kier alpha value is -2.18. The van der Waals surface area contributed by atoms with Crippen LogP contribution in [0.4, 0.5) is 14.5 Å². The summed E-state index contributed by atoms with van der Waals surface area (Å²) in [4.78, 5) is 17.0. The Kier molecular flexibility index (Phi) is 7.67. The Balaban J connectivity index is 0.00000256. The van der Waals surface area contributed by atoms with Gasteiger partial charge in [-0.05, 0) is 56.0 Å². The first-order valence-electron chi connectivity index (χ1n) is 10.4. The molecule has 2 aliphatic rings. The summed E-state index contributed by atoms with van der Waals surface area (Å²) >= 11 is 0. The van der Waals surface area contributed by atoms with E-state index in [1.54, 1.807) is 0 Å². The molecular weight excluding hydrogens is 408 g/mol. The van der Waals surface area contributed by atoms with Crippen molar-refractivity contribution in [1.82, 2.24) is 10.2 Å². The number of halogens is 3. The second-order valence-electron chi connectivity index (χ2n) is 7.87. The van der Waals surface area contributed by atoms with Gasteiger partial charge in [-0.25, -0.2) is 8.78 Å². The van der Waals surface area contributed by atoms with E-state index in [0.717, 1.165) is 57.6 Å². The van der Waals surface area contributed by atoms with Gasteiger partial charge >= 0.3 is 0 Å². The number of carbonyl (C=O) groups excluding carboxylic acids is 1. The van der Waals surface area contributed by atoms with Gasteiger partial charge in [0.05, 0.1) is 0 Å². The van der Waals surface area contributed by atoms with Crippen LogP contribution in [0.3, 0.4) is 0 Å². The molecule has 7 heteroatoms. The van der Waals surface area contributed by atoms with Crippen molar-refractivity contribution in [1.29, 1.82) is 0 Å². The highest BCUT2D eigenvalue weighted by Crippen LogP contribution is 2.32. The molecule has 1 amide bonds. The molecule has 1 saturated heterocycles. The van der Waals surface area contributed by atoms with E-state index in [-0.39, 0.29) is 12.4 Å². The molecule has 2 heterocycles. The molecule has 0 bridgehead atoms. The van der Waals surface area contributed by atoms with Crippen molar-refractivity contribution in [3.05, 3.63) is 65.2 Å². The molecule has 1 fully saturated rings. The predicted octanol–water partition coefficient (Wildman–Crippen LogP) is 4.03. The molecule has 1 atom stereocenters. The summed E-state index contributed by atoms with van der Waals surface area (Å²) in [7, 11) is 0. The minimum Gasteiger partial charge on any atom is -0.366 e. The van der Waals surface area contributed by atoms with E-state index in [1.807, 2.05) is 0 Å². The Morgan fingerprint density at radius 2 is 1.80 bits per heavy atom. The monoisotopic (exact) mass is 435 g/mol. The summed E-state index contributed by atoms with van der Waals surface area (Å²) in [5.74, 6) is -2.33. The largest absolute Gasteiger partial charge is 0.366 e. The molecule has 0 radical (unpaired) electrons. The molecule has 1 unspecified atom stereocenters. The average molecular weight is 436 g/mol. The van der Waals surface area contributed by atoms with E-state index >= 15 is 0 Å². The zero-order valence-corrected chi connectivity index (χ0v) is 17.8. The number of aryl methyl sites for hydroxylation is 1. The molecule has 30 heavy (non-hydrogen) atoms. The zero-order chi connectivity index (χ0) is 20.2. The van der Waals surface area contributed by atoms with Gasteiger partial charge in [0.1, 0.15) is 17.2 Å². The maximum Gasteiger partial charge on any atom is 0.257 e. The topological polar surface area (TPSA) is 35.6 Å². The van der Waals surface area contributed by atoms with Crippen LogP contribution in [-0.4, -0.2) is 49.6 Å². The van der Waals surface area contributed by atoms with Gasteiger partial charge in [0, 0.05) is 37.9 Å². The number of nitrogens with zero attached hydrogens (tertiary/aromatic N) is 2. The third-order valence-corrected chi connectivity index (χ3v) is 5.99. The minimum atomic E-state index is -0.825. The van der Waals surface area contributed by atoms with Crippen molar-refractivity contribution < 1.29 is 13.6 Å². The number of para-hydroxylation sites is 1. The van der Waals surface area contributed by atoms with Crippen LogP contribution in [-0.2, 0) is 6.42 Å². The summed E-state index contributed by atoms with van der Waals surface area (Å²) in [6, 6.07) is 12.7. The second-order valence-corrected chi connectivity index (χ2v) is 7.87. The number of carbonyl (C=O) groups is 1. The number of rotatable bonds is 6. The first-order chi connectivity index (χ1) is 14.1. The number of piperazine rings is 1. The van der Waals surface area contributed by atoms with Crippen LogP contribution >= 0.6 is 12.4 Å². The van der Waals surface area contributed by atoms with Crippen LogP contribution in [0.1, 0.15) is 35.2 Å². The zero-order valence-electron chi connectivity index (χ0n) is 16.9. The fourth-order valence-corrected chi connectivity index (χ4v) is 4.48. The maximum absolute atomic E-state index is 13.6. The van der Waals surface area contributed by atoms with Gasteiger partial charge in [-0.1, -0.05) is 24.3 Å². The molecule has 162 valence electrons. The lowest BCUT2D eigenvalue weighted by atomic mass is 9.94. The normalized spacial score (nSPS) is 18.2. The molecule has 0 saturated carbocycles. The first kappa shape index (κ1) is 22.5. The molecule has 0 aromatic heterocycles. The SMILES string of the molecule is Cl.O=C(NCCCCN1CCN2c3ccccc3CCC2C1)c1c(F)cccc1F. The quantitative estimate of drug-likeness (QED) is 0.696. The Bertz CT molecular complexity index is 859. The Morgan fingerprint density at radius 1 is 1.03 bits per heavy atom. The third-order valence-electron chi connectivity index (χ3n) is 5.99. The molecule has 0 spiro atoms. The van der Waals surface area contributed by atoms with E-state index in [9.17, 15) is 13.6 Å². The van der Waals surface area contributed by atoms with Crippen LogP contribution in [0, 0.1) is 11.6 Å². The highest BCUT2D eigenvalue weighted by Gasteiger charge is 2.31. The van der Waals surface area contributed by atoms with Crippen molar-refractivity contribution >= 4 is 24.0 Å². The lowest BCUT2D eigenvalue weighted by Gasteiger charge is -2.46. The van der Waals surface area contributed by atoms with Gasteiger partial charge in [-0.3, -0.25) is 9.69 Å². The summed E-state index contributed by atoms with van der Waals surface area (Å²) in [5.41, 5.74) is 2.35. The lowest BCUT2D eigenvalue weighted by molar-refractivity contribution is 0.0944. The Morgan fingerprint density at radius 3 is 2.60 bits per heavy atom. The predicted molar refractivity (Wildman–Crippen MR) is 118 cm³/mol. The minimum absolute atomic E-state index is 0. The molecule has 1 N–H and O–H groups in total. The highest BCUT2D eigenvalue weighted by molar-refractivity contribution is 5.94. The molecule has 0 aliphatic carbocycles. The summed E-state index contributed by atoms with van der Waals surface area (Å²) < 4.78 is 27.3. The molecule has 2 aromatic carbocycles. The van der Waals surface area contributed by atoms with E-state index in [2.05, 4.69) is 39.4 Å². The number of benzene rings is 2. The van der Waals surface area contributed by atoms with E-state index < -0.39 is 23.1 Å². The van der Waals surface area contributed by atoms with Gasteiger partial charge < -0.3 is 10.2 Å². The lowest BCUT2D eigenvalue weighted by Crippen LogP contribution is -2.55. The van der Waals surface area contributed by atoms with Gasteiger partial charge in [0.15, 0.2) is 0 Å². The van der Waals surface area contributed by atoms with Gasteiger partial charge in [-0.15, -0.1) is 12.4 Å². The van der Waals surface area contributed by atoms with Crippen molar-refractivity contribution in [2.75, 3.05) is 37.6 Å². The van der Waals surface area contributed by atoms with Crippen molar-refractivity contribution in [2.45, 2.75) is 31.7 Å². The van der Waals surface area contributed by atoms with Crippen molar-refractivity contribution in [3.8, 4) is 0 Å². The number of nitrogens with one attached hydrogen (secondary N) is 1. The number of anilines is 1. The first-order valence-corrected chi connectivity index (χ1v) is 10.4. The van der Waals surface area contributed by atoms with Crippen LogP contribution in [0.5, 0.6) is 0 Å². The van der Waals surface area contributed by atoms with E-state index in [4.69, 9.17) is 0 Å². The fraction of sp³-hybridized carbons (Fsp3) is 0.435. The summed E-state index contributed by atoms with van der Waals surface area (Å²) in [6.07, 6.45) is 4.07. The van der Waals surface area contributed by atoms with Gasteiger partial charge in [0.25, 0.3) is 5.91 Å². The number of fused-ring (bicyclic) bond motifs is 3. The van der Waals surface area contributed by atoms with Crippen molar-refractivity contribution in [3.63, 3.8) is 0 Å². The molecule has 2 aromatic rings. The number of hydrogen-bond donors (Lipinski definition) is 1. The highest BCUT2D eigenvalue weighted by atomic mass is 35.5. The summed E-state index contributed by atoms with van der Waals surface area (Å²) in [6.45, 7) is 4.56. The van der Waals surface area contributed by atoms with E-state index in [1.165, 1.54) is 23.7 Å². The second kappa shape index (κ2) is 10.2. The van der Waals surface area contributed by atoms with Gasteiger partial charge in [0.2, 0.25) is 0 Å². The van der Waals surface area contributed by atoms with E-state index in [0.29, 0.717) is 12.6 Å². The van der Waals surface area contributed by atoms with Gasteiger partial charge in [-0.2, -0.15) is 0 Å². The molecule has 2 aliphatic heterocycles. The maximum atomic E-state index is 13.6. The Labute approximate surface area is 182 Å². The molecule has 4 nitrogen and oxygen atoms in total. The van der Waals surface area contributed by atoms with Crippen LogP contribution in [0.2, 0.25) is 0 Å². The fourth-order valence-electron chi connectivity index (χ4n) is 4.48. The standard InChI is InChI=1S/C23H27F2N3O.ClH/c24-19-7-5-8-20(25)22(19)23(29)26-12-3-4-13-27-14-15-28-18(16-27)11-10-17-6-1-2-9-21(17)28;/h1-2,5-9,18H,3-4,10-16H2,(H,26,29);1H. The van der Waals surface area contributed by atoms with Crippen molar-refractivity contribution in [2.24, 2.45) is 0 Å². The third kappa shape index (κ3) is 4.93. The molecule has 4 rings (SSSR count). The smallest absolute Gasteiger partial charge is 0.257 e. The summed E-state index contributed by atoms with van der Waals surface area (Å²) in [5, 5.41) is 2.63. The number of hydrogen-bond acceptors (Lipinski definition) is 3.